The van der Waals surface area contributed by atoms with Crippen molar-refractivity contribution in [2.45, 2.75) is 58.2 Å². The van der Waals surface area contributed by atoms with Gasteiger partial charge in [0.15, 0.2) is 14.1 Å². The molecule has 0 radical (unpaired) electrons. The van der Waals surface area contributed by atoms with Crippen LogP contribution < -0.4 is 10.6 Å². The lowest BCUT2D eigenvalue weighted by Crippen LogP contribution is -2.45. The van der Waals surface area contributed by atoms with Crippen LogP contribution in [0, 0.1) is 17.1 Å². The quantitative estimate of drug-likeness (QED) is 0.166. The highest BCUT2D eigenvalue weighted by Gasteiger charge is 2.42. The van der Waals surface area contributed by atoms with Crippen molar-refractivity contribution in [2.75, 3.05) is 30.9 Å². The molecule has 3 rings (SSSR count). The second kappa shape index (κ2) is 11.1. The van der Waals surface area contributed by atoms with Crippen LogP contribution in [0.25, 0.3) is 11.3 Å². The number of hydrogen-bond donors (Lipinski definition) is 2. The van der Waals surface area contributed by atoms with E-state index in [1.807, 2.05) is 13.0 Å². The molecule has 0 aliphatic carbocycles. The summed E-state index contributed by atoms with van der Waals surface area (Å²) in [4.78, 5) is 12.4. The van der Waals surface area contributed by atoms with Gasteiger partial charge >= 0.3 is 0 Å². The number of methoxy groups -OCH3 is 1. The molecule has 2 N–H and O–H groups in total. The van der Waals surface area contributed by atoms with Crippen LogP contribution in [-0.2, 0) is 14.6 Å². The summed E-state index contributed by atoms with van der Waals surface area (Å²) in [5.74, 6) is -0.214. The molecule has 1 aromatic carbocycles. The number of anilines is 2. The molecule has 0 fully saturated rings. The molecule has 1 atom stereocenters. The molecule has 1 aromatic heterocycles. The Hall–Kier alpha value is -3.55. The second-order valence-corrected chi connectivity index (χ2v) is 15.9. The lowest BCUT2D eigenvalue weighted by molar-refractivity contribution is 0.220. The molecule has 2 aromatic rings. The van der Waals surface area contributed by atoms with Gasteiger partial charge in [0.2, 0.25) is 11.8 Å². The van der Waals surface area contributed by atoms with Crippen molar-refractivity contribution >= 4 is 26.7 Å². The molecule has 8 nitrogen and oxygen atoms in total. The van der Waals surface area contributed by atoms with Crippen molar-refractivity contribution in [3.05, 3.63) is 59.0 Å². The fourth-order valence-electron chi connectivity index (χ4n) is 3.94. The predicted molar refractivity (Wildman–Crippen MR) is 153 cm³/mol. The molecule has 0 bridgehead atoms. The smallest absolute Gasteiger partial charge is 0.236 e. The van der Waals surface area contributed by atoms with Gasteiger partial charge in [0, 0.05) is 24.1 Å². The molecule has 38 heavy (non-hydrogen) atoms. The van der Waals surface area contributed by atoms with E-state index in [0.717, 1.165) is 17.4 Å². The van der Waals surface area contributed by atoms with E-state index >= 15 is 4.39 Å². The molecule has 10 heteroatoms. The Morgan fingerprint density at radius 3 is 2.68 bits per heavy atom. The third-order valence-electron chi connectivity index (χ3n) is 7.29. The van der Waals surface area contributed by atoms with Crippen LogP contribution in [0.4, 0.5) is 16.0 Å². The van der Waals surface area contributed by atoms with Crippen molar-refractivity contribution in [1.29, 1.82) is 5.26 Å². The molecule has 0 spiro atoms. The van der Waals surface area contributed by atoms with Gasteiger partial charge in [0.05, 0.1) is 24.6 Å². The second-order valence-electron chi connectivity index (χ2n) is 11.1. The highest BCUT2D eigenvalue weighted by atomic mass is 28.4. The molecule has 1 aliphatic rings. The number of hydrogen-bond acceptors (Lipinski definition) is 8. The third kappa shape index (κ3) is 5.79. The maximum atomic E-state index is 15.1. The summed E-state index contributed by atoms with van der Waals surface area (Å²) in [6.45, 7) is 19.6. The fourth-order valence-corrected chi connectivity index (χ4v) is 5.05. The third-order valence-corrected chi connectivity index (χ3v) is 11.8. The molecule has 0 saturated heterocycles. The molecular weight excluding hydrogens is 499 g/mol. The summed E-state index contributed by atoms with van der Waals surface area (Å²) in [7, 11) is -0.537. The Balaban J connectivity index is 2.06. The Kier molecular flexibility index (Phi) is 8.44. The molecule has 1 aliphatic heterocycles. The maximum absolute atomic E-state index is 15.1. The van der Waals surface area contributed by atoms with Crippen LogP contribution in [0.15, 0.2) is 47.1 Å². The van der Waals surface area contributed by atoms with Crippen molar-refractivity contribution in [3.8, 4) is 17.3 Å². The number of allylic oxidation sites excluding steroid dienone is 2. The average molecular weight is 537 g/mol. The number of nitrogens with one attached hydrogen (secondary N) is 2. The van der Waals surface area contributed by atoms with Gasteiger partial charge in [-0.3, -0.25) is 0 Å². The number of ether oxygens (including phenoxy) is 1. The molecule has 0 amide bonds. The highest BCUT2D eigenvalue weighted by Crippen LogP contribution is 2.44. The van der Waals surface area contributed by atoms with E-state index in [-0.39, 0.29) is 22.6 Å². The molecule has 1 unspecified atom stereocenters. The van der Waals surface area contributed by atoms with Crippen molar-refractivity contribution in [1.82, 2.24) is 9.97 Å². The summed E-state index contributed by atoms with van der Waals surface area (Å²) in [5.41, 5.74) is 2.71. The number of nitriles is 1. The van der Waals surface area contributed by atoms with Crippen LogP contribution in [0.3, 0.4) is 0 Å². The van der Waals surface area contributed by atoms with Crippen LogP contribution in [0.2, 0.25) is 18.1 Å². The van der Waals surface area contributed by atoms with E-state index in [0.29, 0.717) is 30.0 Å². The van der Waals surface area contributed by atoms with Gasteiger partial charge < -0.3 is 19.8 Å². The van der Waals surface area contributed by atoms with E-state index in [4.69, 9.17) is 9.16 Å². The summed E-state index contributed by atoms with van der Waals surface area (Å²) in [5, 5.41) is 16.4. The lowest BCUT2D eigenvalue weighted by Gasteiger charge is -2.39. The van der Waals surface area contributed by atoms with Crippen molar-refractivity contribution in [3.63, 3.8) is 0 Å². The van der Waals surface area contributed by atoms with Crippen LogP contribution in [-0.4, -0.2) is 45.3 Å². The fraction of sp³-hybridized carbons (Fsp3) is 0.429. The van der Waals surface area contributed by atoms with E-state index < -0.39 is 19.5 Å². The SMILES string of the molecule is C=N/C(OC)=C(\C=C/C)Nc1ncc(F)c(-c2cc(C#N)c3c(c2)C(C)(CO[Si](C)(C)C(C)(C)C)CN3)n1. The number of fused-ring (bicyclic) bond motifs is 1. The number of rotatable bonds is 9. The number of halogens is 1. The topological polar surface area (TPSA) is 104 Å². The van der Waals surface area contributed by atoms with E-state index in [1.165, 1.54) is 7.11 Å². The van der Waals surface area contributed by atoms with Gasteiger partial charge in [0.1, 0.15) is 17.5 Å². The van der Waals surface area contributed by atoms with E-state index in [9.17, 15) is 5.26 Å². The summed E-state index contributed by atoms with van der Waals surface area (Å²) < 4.78 is 26.9. The Morgan fingerprint density at radius 1 is 1.39 bits per heavy atom. The first-order valence-corrected chi connectivity index (χ1v) is 15.3. The van der Waals surface area contributed by atoms with Crippen molar-refractivity contribution in [2.24, 2.45) is 4.99 Å². The van der Waals surface area contributed by atoms with Gasteiger partial charge in [-0.2, -0.15) is 5.26 Å². The zero-order valence-electron chi connectivity index (χ0n) is 23.5. The molecular formula is C28H37FN6O2Si. The first-order valence-electron chi connectivity index (χ1n) is 12.4. The van der Waals surface area contributed by atoms with Crippen LogP contribution in [0.5, 0.6) is 0 Å². The molecule has 202 valence electrons. The number of aromatic nitrogens is 2. The minimum atomic E-state index is -2.01. The van der Waals surface area contributed by atoms with E-state index in [2.05, 4.69) is 79.2 Å². The number of aliphatic imine (C=N–C) groups is 1. The van der Waals surface area contributed by atoms with Crippen LogP contribution >= 0.6 is 0 Å². The standard InChI is InChI=1S/C28H37FN6O2Si/c1-10-11-22(25(31-6)36-7)34-26-32-15-21(29)24(35-26)18-12-19(14-30)23-20(13-18)28(5,16-33-23)17-37-38(8,9)27(2,3)4/h10-13,15,33H,6,16-17H2,1-5,7-9H3,(H,32,34,35)/b11-10-,25-22-. The normalized spacial score (nSPS) is 17.9. The number of benzene rings is 1. The van der Waals surface area contributed by atoms with Gasteiger partial charge in [0.25, 0.3) is 0 Å². The summed E-state index contributed by atoms with van der Waals surface area (Å²) >= 11 is 0. The first-order chi connectivity index (χ1) is 17.8. The lowest BCUT2D eigenvalue weighted by atomic mass is 9.83. The van der Waals surface area contributed by atoms with Crippen LogP contribution in [0.1, 0.15) is 45.7 Å². The van der Waals surface area contributed by atoms with Gasteiger partial charge in [-0.15, -0.1) is 0 Å². The minimum absolute atomic E-state index is 0.0649. The van der Waals surface area contributed by atoms with Gasteiger partial charge in [-0.05, 0) is 55.5 Å². The Bertz CT molecular complexity index is 1330. The van der Waals surface area contributed by atoms with Gasteiger partial charge in [-0.25, -0.2) is 19.4 Å². The van der Waals surface area contributed by atoms with Crippen molar-refractivity contribution < 1.29 is 13.6 Å². The summed E-state index contributed by atoms with van der Waals surface area (Å²) in [6, 6.07) is 5.80. The highest BCUT2D eigenvalue weighted by molar-refractivity contribution is 6.74. The average Bonchev–Trinajstić information content (AvgIpc) is 3.20. The minimum Gasteiger partial charge on any atom is -0.480 e. The molecule has 2 heterocycles. The zero-order chi connectivity index (χ0) is 28.3. The number of nitrogens with zero attached hydrogens (tertiary/aromatic N) is 4. The molecule has 0 saturated carbocycles. The Morgan fingerprint density at radius 2 is 2.11 bits per heavy atom. The maximum Gasteiger partial charge on any atom is 0.236 e. The predicted octanol–water partition coefficient (Wildman–Crippen LogP) is 6.36. The Labute approximate surface area is 225 Å². The largest absolute Gasteiger partial charge is 0.480 e. The zero-order valence-corrected chi connectivity index (χ0v) is 24.5. The first kappa shape index (κ1) is 29.0. The van der Waals surface area contributed by atoms with E-state index in [1.54, 1.807) is 18.2 Å². The van der Waals surface area contributed by atoms with Gasteiger partial charge in [-0.1, -0.05) is 33.8 Å². The monoisotopic (exact) mass is 536 g/mol. The summed E-state index contributed by atoms with van der Waals surface area (Å²) in [6.07, 6.45) is 4.61.